The predicted octanol–water partition coefficient (Wildman–Crippen LogP) is 3.21. The van der Waals surface area contributed by atoms with E-state index in [-0.39, 0.29) is 11.9 Å². The SMILES string of the molecule is CC(C(=O)N1CCCc2ccccc21)N1CCN(CCc2ccccc2)CC1. The Kier molecular flexibility index (Phi) is 6.08. The van der Waals surface area contributed by atoms with Crippen LogP contribution in [0.1, 0.15) is 24.5 Å². The molecule has 0 spiro atoms. The van der Waals surface area contributed by atoms with Crippen LogP contribution in [0, 0.1) is 0 Å². The van der Waals surface area contributed by atoms with E-state index in [4.69, 9.17) is 0 Å². The zero-order chi connectivity index (χ0) is 19.3. The monoisotopic (exact) mass is 377 g/mol. The first-order chi connectivity index (χ1) is 13.7. The van der Waals surface area contributed by atoms with E-state index in [1.165, 1.54) is 11.1 Å². The minimum absolute atomic E-state index is 0.0533. The summed E-state index contributed by atoms with van der Waals surface area (Å²) in [5, 5.41) is 0. The highest BCUT2D eigenvalue weighted by Crippen LogP contribution is 2.27. The molecule has 0 N–H and O–H groups in total. The van der Waals surface area contributed by atoms with E-state index in [2.05, 4.69) is 65.3 Å². The lowest BCUT2D eigenvalue weighted by Gasteiger charge is -2.40. The van der Waals surface area contributed by atoms with Gasteiger partial charge in [-0.15, -0.1) is 0 Å². The number of hydrogen-bond donors (Lipinski definition) is 0. The second kappa shape index (κ2) is 8.89. The average molecular weight is 378 g/mol. The lowest BCUT2D eigenvalue weighted by atomic mass is 10.0. The third kappa shape index (κ3) is 4.29. The van der Waals surface area contributed by atoms with Gasteiger partial charge in [-0.1, -0.05) is 48.5 Å². The first kappa shape index (κ1) is 19.2. The Morgan fingerprint density at radius 1 is 0.929 bits per heavy atom. The van der Waals surface area contributed by atoms with Crippen LogP contribution in [0.15, 0.2) is 54.6 Å². The lowest BCUT2D eigenvalue weighted by molar-refractivity contribution is -0.124. The van der Waals surface area contributed by atoms with Crippen LogP contribution in [0.3, 0.4) is 0 Å². The number of hydrogen-bond acceptors (Lipinski definition) is 3. The Labute approximate surface area is 168 Å². The normalized spacial score (nSPS) is 19.2. The molecule has 0 radical (unpaired) electrons. The Balaban J connectivity index is 1.30. The van der Waals surface area contributed by atoms with Gasteiger partial charge in [0.1, 0.15) is 0 Å². The van der Waals surface area contributed by atoms with Crippen LogP contribution in [0.5, 0.6) is 0 Å². The van der Waals surface area contributed by atoms with Crippen LogP contribution >= 0.6 is 0 Å². The van der Waals surface area contributed by atoms with Gasteiger partial charge in [-0.3, -0.25) is 9.69 Å². The first-order valence-electron chi connectivity index (χ1n) is 10.6. The van der Waals surface area contributed by atoms with E-state index in [0.717, 1.165) is 64.2 Å². The van der Waals surface area contributed by atoms with Crippen molar-refractivity contribution in [3.8, 4) is 0 Å². The highest BCUT2D eigenvalue weighted by atomic mass is 16.2. The third-order valence-corrected chi connectivity index (χ3v) is 6.25. The van der Waals surface area contributed by atoms with Gasteiger partial charge in [0, 0.05) is 45.0 Å². The van der Waals surface area contributed by atoms with Gasteiger partial charge < -0.3 is 9.80 Å². The molecule has 4 nitrogen and oxygen atoms in total. The minimum atomic E-state index is -0.0533. The number of aryl methyl sites for hydroxylation is 1. The zero-order valence-electron chi connectivity index (χ0n) is 16.9. The molecule has 0 aromatic heterocycles. The van der Waals surface area contributed by atoms with E-state index in [1.54, 1.807) is 0 Å². The molecular formula is C24H31N3O. The van der Waals surface area contributed by atoms with E-state index in [1.807, 2.05) is 11.0 Å². The fraction of sp³-hybridized carbons (Fsp3) is 0.458. The van der Waals surface area contributed by atoms with Gasteiger partial charge >= 0.3 is 0 Å². The summed E-state index contributed by atoms with van der Waals surface area (Å²) >= 11 is 0. The van der Waals surface area contributed by atoms with Gasteiger partial charge in [0.15, 0.2) is 0 Å². The van der Waals surface area contributed by atoms with Crippen LogP contribution in [-0.2, 0) is 17.6 Å². The van der Waals surface area contributed by atoms with Crippen molar-refractivity contribution < 1.29 is 4.79 Å². The molecule has 2 heterocycles. The fourth-order valence-electron chi connectivity index (χ4n) is 4.45. The summed E-state index contributed by atoms with van der Waals surface area (Å²) in [6.07, 6.45) is 3.23. The molecule has 1 saturated heterocycles. The van der Waals surface area contributed by atoms with Crippen LogP contribution in [0.2, 0.25) is 0 Å². The second-order valence-corrected chi connectivity index (χ2v) is 8.01. The largest absolute Gasteiger partial charge is 0.311 e. The van der Waals surface area contributed by atoms with Crippen molar-refractivity contribution in [3.05, 3.63) is 65.7 Å². The van der Waals surface area contributed by atoms with Gasteiger partial charge in [-0.25, -0.2) is 0 Å². The predicted molar refractivity (Wildman–Crippen MR) is 115 cm³/mol. The maximum atomic E-state index is 13.2. The lowest BCUT2D eigenvalue weighted by Crippen LogP contribution is -2.55. The summed E-state index contributed by atoms with van der Waals surface area (Å²) in [6, 6.07) is 19.0. The van der Waals surface area contributed by atoms with Crippen LogP contribution < -0.4 is 4.90 Å². The molecule has 1 atom stereocenters. The molecule has 1 unspecified atom stereocenters. The molecule has 4 heteroatoms. The molecule has 0 saturated carbocycles. The highest BCUT2D eigenvalue weighted by molar-refractivity contribution is 5.98. The quantitative estimate of drug-likeness (QED) is 0.801. The Hall–Kier alpha value is -2.17. The number of benzene rings is 2. The topological polar surface area (TPSA) is 26.8 Å². The molecule has 4 rings (SSSR count). The van der Waals surface area contributed by atoms with Crippen LogP contribution in [0.25, 0.3) is 0 Å². The molecule has 2 aliphatic rings. The van der Waals surface area contributed by atoms with Crippen molar-refractivity contribution in [2.24, 2.45) is 0 Å². The molecule has 2 aliphatic heterocycles. The van der Waals surface area contributed by atoms with Gasteiger partial charge in [-0.2, -0.15) is 0 Å². The number of anilines is 1. The Morgan fingerprint density at radius 2 is 1.64 bits per heavy atom. The summed E-state index contributed by atoms with van der Waals surface area (Å²) in [6.45, 7) is 8.05. The first-order valence-corrected chi connectivity index (χ1v) is 10.6. The maximum absolute atomic E-state index is 13.2. The number of carbonyl (C=O) groups excluding carboxylic acids is 1. The minimum Gasteiger partial charge on any atom is -0.311 e. The van der Waals surface area contributed by atoms with Gasteiger partial charge in [0.25, 0.3) is 0 Å². The number of carbonyl (C=O) groups is 1. The summed E-state index contributed by atoms with van der Waals surface area (Å²) in [5.74, 6) is 0.255. The van der Waals surface area contributed by atoms with E-state index in [9.17, 15) is 4.79 Å². The zero-order valence-corrected chi connectivity index (χ0v) is 16.9. The summed E-state index contributed by atoms with van der Waals surface area (Å²) in [5.41, 5.74) is 3.82. The van der Waals surface area contributed by atoms with Crippen LogP contribution in [-0.4, -0.2) is 61.0 Å². The number of nitrogens with zero attached hydrogens (tertiary/aromatic N) is 3. The molecule has 2 aromatic carbocycles. The highest BCUT2D eigenvalue weighted by Gasteiger charge is 2.31. The Morgan fingerprint density at radius 3 is 2.43 bits per heavy atom. The molecule has 0 aliphatic carbocycles. The van der Waals surface area contributed by atoms with Crippen LogP contribution in [0.4, 0.5) is 5.69 Å². The van der Waals surface area contributed by atoms with E-state index in [0.29, 0.717) is 0 Å². The van der Waals surface area contributed by atoms with Gasteiger partial charge in [0.05, 0.1) is 6.04 Å². The van der Waals surface area contributed by atoms with Crippen molar-refractivity contribution in [1.29, 1.82) is 0 Å². The molecule has 0 bridgehead atoms. The van der Waals surface area contributed by atoms with E-state index >= 15 is 0 Å². The number of piperazine rings is 1. The molecule has 2 aromatic rings. The number of rotatable bonds is 5. The van der Waals surface area contributed by atoms with Crippen molar-refractivity contribution in [3.63, 3.8) is 0 Å². The van der Waals surface area contributed by atoms with Gasteiger partial charge in [0.2, 0.25) is 5.91 Å². The molecule has 28 heavy (non-hydrogen) atoms. The molecule has 148 valence electrons. The molecule has 1 fully saturated rings. The molecule has 1 amide bonds. The standard InChI is InChI=1S/C24H31N3O/c1-20(24(28)27-14-7-11-22-10-5-6-12-23(22)27)26-18-16-25(17-19-26)15-13-21-8-3-2-4-9-21/h2-6,8-10,12,20H,7,11,13-19H2,1H3. The van der Waals surface area contributed by atoms with E-state index < -0.39 is 0 Å². The Bertz CT molecular complexity index is 783. The fourth-order valence-corrected chi connectivity index (χ4v) is 4.45. The molecular weight excluding hydrogens is 346 g/mol. The summed E-state index contributed by atoms with van der Waals surface area (Å²) < 4.78 is 0. The summed E-state index contributed by atoms with van der Waals surface area (Å²) in [4.78, 5) is 20.1. The van der Waals surface area contributed by atoms with Gasteiger partial charge in [-0.05, 0) is 43.4 Å². The number of amides is 1. The van der Waals surface area contributed by atoms with Crippen molar-refractivity contribution in [2.45, 2.75) is 32.2 Å². The van der Waals surface area contributed by atoms with Crippen molar-refractivity contribution >= 4 is 11.6 Å². The average Bonchev–Trinajstić information content (AvgIpc) is 2.77. The second-order valence-electron chi connectivity index (χ2n) is 8.01. The van der Waals surface area contributed by atoms with Crippen molar-refractivity contribution in [2.75, 3.05) is 44.2 Å². The number of fused-ring (bicyclic) bond motifs is 1. The maximum Gasteiger partial charge on any atom is 0.244 e. The number of para-hydroxylation sites is 1. The smallest absolute Gasteiger partial charge is 0.244 e. The third-order valence-electron chi connectivity index (χ3n) is 6.25. The summed E-state index contributed by atoms with van der Waals surface area (Å²) in [7, 11) is 0. The van der Waals surface area contributed by atoms with Crippen molar-refractivity contribution in [1.82, 2.24) is 9.80 Å².